The highest BCUT2D eigenvalue weighted by atomic mass is 127. The molecule has 0 spiro atoms. The number of aromatic nitrogens is 1. The predicted molar refractivity (Wildman–Crippen MR) is 135 cm³/mol. The van der Waals surface area contributed by atoms with E-state index in [1.165, 1.54) is 4.90 Å². The van der Waals surface area contributed by atoms with Gasteiger partial charge in [-0.3, -0.25) is 19.5 Å². The summed E-state index contributed by atoms with van der Waals surface area (Å²) in [6.07, 6.45) is 7.58. The van der Waals surface area contributed by atoms with E-state index in [0.29, 0.717) is 37.9 Å². The molecular formula is C24H28IN5O3. The zero-order chi connectivity index (χ0) is 22.1. The number of carbonyl (C=O) groups excluding carboxylic acids is 2. The van der Waals surface area contributed by atoms with Gasteiger partial charge in [-0.25, -0.2) is 4.98 Å². The van der Waals surface area contributed by atoms with Gasteiger partial charge in [0.15, 0.2) is 11.7 Å². The van der Waals surface area contributed by atoms with E-state index in [4.69, 9.17) is 4.42 Å². The van der Waals surface area contributed by atoms with Crippen LogP contribution in [-0.4, -0.2) is 47.8 Å². The molecule has 9 heteroatoms. The number of imide groups is 1. The molecule has 5 rings (SSSR count). The fourth-order valence-corrected chi connectivity index (χ4v) is 5.14. The molecule has 2 fully saturated rings. The molecular weight excluding hydrogens is 533 g/mol. The molecule has 174 valence electrons. The van der Waals surface area contributed by atoms with Crippen molar-refractivity contribution in [2.45, 2.75) is 19.4 Å². The number of fused-ring (bicyclic) bond motifs is 5. The first-order valence-electron chi connectivity index (χ1n) is 11.1. The molecule has 1 aromatic heterocycles. The van der Waals surface area contributed by atoms with Gasteiger partial charge in [0.25, 0.3) is 0 Å². The Labute approximate surface area is 209 Å². The van der Waals surface area contributed by atoms with E-state index in [0.717, 1.165) is 17.7 Å². The van der Waals surface area contributed by atoms with E-state index in [1.54, 1.807) is 13.2 Å². The van der Waals surface area contributed by atoms with Crippen molar-refractivity contribution in [3.8, 4) is 11.3 Å². The number of nitrogens with zero attached hydrogens (tertiary/aromatic N) is 3. The van der Waals surface area contributed by atoms with Crippen molar-refractivity contribution in [2.24, 2.45) is 28.7 Å². The SMILES string of the molecule is CN=C(NCCCN1C(=O)C2C3C=CC(C3)C2C1=O)NCc1ncc(-c2ccccc2)o1.I. The molecule has 1 aromatic carbocycles. The summed E-state index contributed by atoms with van der Waals surface area (Å²) in [6.45, 7) is 1.43. The number of likely N-dealkylation sites (tertiary alicyclic amines) is 1. The highest BCUT2D eigenvalue weighted by molar-refractivity contribution is 14.0. The van der Waals surface area contributed by atoms with Gasteiger partial charge in [-0.2, -0.15) is 0 Å². The number of oxazole rings is 1. The Hall–Kier alpha value is -2.69. The average molecular weight is 561 g/mol. The topological polar surface area (TPSA) is 99.8 Å². The Balaban J connectivity index is 0.00000259. The summed E-state index contributed by atoms with van der Waals surface area (Å²) in [6, 6.07) is 9.82. The van der Waals surface area contributed by atoms with Crippen molar-refractivity contribution < 1.29 is 14.0 Å². The lowest BCUT2D eigenvalue weighted by molar-refractivity contribution is -0.140. The van der Waals surface area contributed by atoms with E-state index < -0.39 is 0 Å². The summed E-state index contributed by atoms with van der Waals surface area (Å²) in [4.78, 5) is 35.5. The number of rotatable bonds is 7. The summed E-state index contributed by atoms with van der Waals surface area (Å²) in [5.74, 6) is 2.18. The third kappa shape index (κ3) is 4.55. The number of hydrogen-bond acceptors (Lipinski definition) is 5. The largest absolute Gasteiger partial charge is 0.439 e. The van der Waals surface area contributed by atoms with Gasteiger partial charge >= 0.3 is 0 Å². The van der Waals surface area contributed by atoms with Crippen molar-refractivity contribution in [2.75, 3.05) is 20.1 Å². The molecule has 0 radical (unpaired) electrons. The number of benzene rings is 1. The van der Waals surface area contributed by atoms with E-state index in [1.807, 2.05) is 30.3 Å². The standard InChI is InChI=1S/C24H27N5O3.HI/c1-25-24(28-14-19-27-13-18(32-19)15-6-3-2-4-7-15)26-10-5-11-29-22(30)20-16-8-9-17(12-16)21(20)23(29)31;/h2-4,6-9,13,16-17,20-21H,5,10-12,14H2,1H3,(H2,25,26,28);1H. The van der Waals surface area contributed by atoms with Gasteiger partial charge in [0, 0.05) is 25.7 Å². The molecule has 2 aliphatic carbocycles. The maximum absolute atomic E-state index is 12.7. The van der Waals surface area contributed by atoms with Crippen molar-refractivity contribution in [3.05, 3.63) is 54.6 Å². The van der Waals surface area contributed by atoms with Crippen LogP contribution in [0.15, 0.2) is 58.1 Å². The second kappa shape index (κ2) is 10.1. The molecule has 2 amide bonds. The van der Waals surface area contributed by atoms with Gasteiger partial charge in [0.2, 0.25) is 17.7 Å². The van der Waals surface area contributed by atoms with Crippen LogP contribution in [0.3, 0.4) is 0 Å². The molecule has 4 unspecified atom stereocenters. The van der Waals surface area contributed by atoms with E-state index >= 15 is 0 Å². The fraction of sp³-hybridized carbons (Fsp3) is 0.417. The zero-order valence-corrected chi connectivity index (χ0v) is 20.8. The molecule has 8 nitrogen and oxygen atoms in total. The predicted octanol–water partition coefficient (Wildman–Crippen LogP) is 2.82. The number of amides is 2. The summed E-state index contributed by atoms with van der Waals surface area (Å²) in [7, 11) is 1.69. The van der Waals surface area contributed by atoms with Crippen molar-refractivity contribution in [3.63, 3.8) is 0 Å². The van der Waals surface area contributed by atoms with Gasteiger partial charge < -0.3 is 15.1 Å². The van der Waals surface area contributed by atoms with Crippen LogP contribution in [0.5, 0.6) is 0 Å². The number of nitrogens with one attached hydrogen (secondary N) is 2. The molecule has 2 N–H and O–H groups in total. The van der Waals surface area contributed by atoms with Gasteiger partial charge in [-0.15, -0.1) is 24.0 Å². The first kappa shape index (κ1) is 23.5. The van der Waals surface area contributed by atoms with Gasteiger partial charge in [-0.05, 0) is 24.7 Å². The summed E-state index contributed by atoms with van der Waals surface area (Å²) in [5.41, 5.74) is 0.979. The summed E-state index contributed by atoms with van der Waals surface area (Å²) in [5, 5.41) is 6.40. The normalized spacial score (nSPS) is 25.4. The van der Waals surface area contributed by atoms with Crippen LogP contribution in [-0.2, 0) is 16.1 Å². The molecule has 1 saturated heterocycles. The Morgan fingerprint density at radius 1 is 1.12 bits per heavy atom. The second-order valence-electron chi connectivity index (χ2n) is 8.52. The Morgan fingerprint density at radius 2 is 1.82 bits per heavy atom. The highest BCUT2D eigenvalue weighted by Crippen LogP contribution is 2.52. The minimum Gasteiger partial charge on any atom is -0.439 e. The molecule has 2 aromatic rings. The average Bonchev–Trinajstić information content (AvgIpc) is 3.60. The minimum absolute atomic E-state index is 0. The number of allylic oxidation sites excluding steroid dienone is 2. The minimum atomic E-state index is -0.124. The smallest absolute Gasteiger partial charge is 0.233 e. The molecule has 3 aliphatic rings. The number of hydrogen-bond donors (Lipinski definition) is 2. The molecule has 4 atom stereocenters. The Morgan fingerprint density at radius 3 is 2.48 bits per heavy atom. The third-order valence-corrected chi connectivity index (χ3v) is 6.66. The van der Waals surface area contributed by atoms with Crippen molar-refractivity contribution >= 4 is 41.8 Å². The van der Waals surface area contributed by atoms with Crippen LogP contribution in [0.1, 0.15) is 18.7 Å². The zero-order valence-electron chi connectivity index (χ0n) is 18.4. The van der Waals surface area contributed by atoms with E-state index in [9.17, 15) is 9.59 Å². The number of aliphatic imine (C=N–C) groups is 1. The van der Waals surface area contributed by atoms with E-state index in [2.05, 4.69) is 32.8 Å². The van der Waals surface area contributed by atoms with Crippen LogP contribution in [0.2, 0.25) is 0 Å². The maximum Gasteiger partial charge on any atom is 0.233 e. The van der Waals surface area contributed by atoms with Crippen LogP contribution in [0.25, 0.3) is 11.3 Å². The maximum atomic E-state index is 12.7. The lowest BCUT2D eigenvalue weighted by Gasteiger charge is -2.17. The van der Waals surface area contributed by atoms with Gasteiger partial charge in [0.1, 0.15) is 0 Å². The van der Waals surface area contributed by atoms with Gasteiger partial charge in [0.05, 0.1) is 24.6 Å². The number of halogens is 1. The second-order valence-corrected chi connectivity index (χ2v) is 8.52. The lowest BCUT2D eigenvalue weighted by Crippen LogP contribution is -2.39. The van der Waals surface area contributed by atoms with E-state index in [-0.39, 0.29) is 59.5 Å². The Kier molecular flexibility index (Phi) is 7.16. The number of guanidine groups is 1. The monoisotopic (exact) mass is 561 g/mol. The van der Waals surface area contributed by atoms with Gasteiger partial charge in [-0.1, -0.05) is 42.5 Å². The molecule has 33 heavy (non-hydrogen) atoms. The van der Waals surface area contributed by atoms with Crippen LogP contribution >= 0.6 is 24.0 Å². The lowest BCUT2D eigenvalue weighted by atomic mass is 9.85. The third-order valence-electron chi connectivity index (χ3n) is 6.66. The van der Waals surface area contributed by atoms with Crippen LogP contribution in [0, 0.1) is 23.7 Å². The first-order chi connectivity index (χ1) is 15.7. The summed E-state index contributed by atoms with van der Waals surface area (Å²) < 4.78 is 5.80. The van der Waals surface area contributed by atoms with Crippen molar-refractivity contribution in [1.82, 2.24) is 20.5 Å². The molecule has 1 aliphatic heterocycles. The summed E-state index contributed by atoms with van der Waals surface area (Å²) >= 11 is 0. The van der Waals surface area contributed by atoms with Crippen LogP contribution in [0.4, 0.5) is 0 Å². The quantitative estimate of drug-likeness (QED) is 0.135. The van der Waals surface area contributed by atoms with Crippen molar-refractivity contribution in [1.29, 1.82) is 0 Å². The molecule has 2 heterocycles. The Bertz CT molecular complexity index is 1040. The first-order valence-corrected chi connectivity index (χ1v) is 11.1. The fourth-order valence-electron chi connectivity index (χ4n) is 5.14. The highest BCUT2D eigenvalue weighted by Gasteiger charge is 2.58. The molecule has 1 saturated carbocycles. The van der Waals surface area contributed by atoms with Crippen LogP contribution < -0.4 is 10.6 Å². The number of carbonyl (C=O) groups is 2. The molecule has 2 bridgehead atoms.